The van der Waals surface area contributed by atoms with Crippen molar-refractivity contribution in [3.8, 4) is 0 Å². The minimum absolute atomic E-state index is 0.0749. The lowest BCUT2D eigenvalue weighted by atomic mass is 10.1. The van der Waals surface area contributed by atoms with Crippen molar-refractivity contribution in [3.63, 3.8) is 0 Å². The number of hydrogen-bond acceptors (Lipinski definition) is 6. The Kier molecular flexibility index (Phi) is 6.83. The second-order valence-electron chi connectivity index (χ2n) is 3.58. The highest BCUT2D eigenvalue weighted by Gasteiger charge is 2.23. The summed E-state index contributed by atoms with van der Waals surface area (Å²) in [5, 5.41) is 9.72. The molecule has 0 bridgehead atoms. The minimum Gasteiger partial charge on any atom is -0.449 e. The Hall–Kier alpha value is -0.510. The van der Waals surface area contributed by atoms with E-state index in [0.717, 1.165) is 0 Å². The number of thioether (sulfide) groups is 1. The molecule has 0 saturated heterocycles. The molecule has 1 unspecified atom stereocenters. The second kappa shape index (κ2) is 7.04. The molecule has 1 amide bonds. The summed E-state index contributed by atoms with van der Waals surface area (Å²) in [5.74, 6) is 0.370. The Bertz CT molecular complexity index is 342. The van der Waals surface area contributed by atoms with Crippen LogP contribution in [0.1, 0.15) is 13.8 Å². The number of nitrogens with one attached hydrogen (secondary N) is 2. The Morgan fingerprint density at radius 1 is 1.53 bits per heavy atom. The molecule has 0 spiro atoms. The van der Waals surface area contributed by atoms with Gasteiger partial charge >= 0.3 is 16.3 Å². The van der Waals surface area contributed by atoms with Crippen molar-refractivity contribution < 1.29 is 23.1 Å². The van der Waals surface area contributed by atoms with Crippen molar-refractivity contribution in [1.82, 2.24) is 9.44 Å². The van der Waals surface area contributed by atoms with Gasteiger partial charge in [0.05, 0.1) is 12.2 Å². The van der Waals surface area contributed by atoms with Crippen LogP contribution in [0.3, 0.4) is 0 Å². The van der Waals surface area contributed by atoms with E-state index >= 15 is 0 Å². The third-order valence-corrected chi connectivity index (χ3v) is 3.46. The molecule has 0 aromatic heterocycles. The van der Waals surface area contributed by atoms with Crippen LogP contribution in [0.4, 0.5) is 4.79 Å². The van der Waals surface area contributed by atoms with Gasteiger partial charge in [-0.15, -0.1) is 0 Å². The van der Waals surface area contributed by atoms with E-state index in [0.29, 0.717) is 5.75 Å². The maximum Gasteiger partial charge on any atom is 0.421 e. The van der Waals surface area contributed by atoms with Crippen molar-refractivity contribution in [3.05, 3.63) is 0 Å². The first-order valence-electron chi connectivity index (χ1n) is 4.88. The van der Waals surface area contributed by atoms with Gasteiger partial charge in [0.2, 0.25) is 0 Å². The van der Waals surface area contributed by atoms with Gasteiger partial charge in [-0.1, -0.05) is 0 Å². The number of aliphatic hydroxyl groups is 1. The van der Waals surface area contributed by atoms with Crippen LogP contribution >= 0.6 is 11.8 Å². The highest BCUT2D eigenvalue weighted by molar-refractivity contribution is 7.98. The van der Waals surface area contributed by atoms with Crippen molar-refractivity contribution >= 4 is 28.1 Å². The van der Waals surface area contributed by atoms with E-state index in [1.54, 1.807) is 17.9 Å². The largest absolute Gasteiger partial charge is 0.449 e. The van der Waals surface area contributed by atoms with Crippen LogP contribution in [-0.4, -0.2) is 50.4 Å². The standard InChI is InChI=1S/C8H18N2O5S2/c1-4-15-7(11)10-17(13,14)9-5-8(2,12)6-16-3/h9,12H,4-6H2,1-3H3,(H,10,11). The highest BCUT2D eigenvalue weighted by atomic mass is 32.2. The first-order valence-corrected chi connectivity index (χ1v) is 7.75. The quantitative estimate of drug-likeness (QED) is 0.592. The summed E-state index contributed by atoms with van der Waals surface area (Å²) in [6, 6.07) is 0. The Morgan fingerprint density at radius 3 is 2.59 bits per heavy atom. The summed E-state index contributed by atoms with van der Waals surface area (Å²) < 4.78 is 30.8. The zero-order chi connectivity index (χ0) is 13.5. The fourth-order valence-electron chi connectivity index (χ4n) is 0.919. The van der Waals surface area contributed by atoms with Gasteiger partial charge in [0.25, 0.3) is 0 Å². The SMILES string of the molecule is CCOC(=O)NS(=O)(=O)NCC(C)(O)CSC. The monoisotopic (exact) mass is 286 g/mol. The molecule has 0 saturated carbocycles. The molecule has 0 rings (SSSR count). The van der Waals surface area contributed by atoms with Crippen LogP contribution < -0.4 is 9.44 Å². The van der Waals surface area contributed by atoms with Crippen LogP contribution in [0.5, 0.6) is 0 Å². The lowest BCUT2D eigenvalue weighted by Crippen LogP contribution is -2.48. The van der Waals surface area contributed by atoms with E-state index in [4.69, 9.17) is 0 Å². The fourth-order valence-corrected chi connectivity index (χ4v) is 2.49. The summed E-state index contributed by atoms with van der Waals surface area (Å²) in [4.78, 5) is 10.9. The predicted molar refractivity (Wildman–Crippen MR) is 66.1 cm³/mol. The molecule has 7 nitrogen and oxygen atoms in total. The average molecular weight is 286 g/mol. The summed E-state index contributed by atoms with van der Waals surface area (Å²) in [6.45, 7) is 2.94. The smallest absolute Gasteiger partial charge is 0.421 e. The van der Waals surface area contributed by atoms with Crippen LogP contribution in [-0.2, 0) is 14.9 Å². The van der Waals surface area contributed by atoms with E-state index in [1.807, 2.05) is 0 Å². The molecule has 0 heterocycles. The summed E-state index contributed by atoms with van der Waals surface area (Å²) in [7, 11) is -4.00. The Labute approximate surface area is 105 Å². The number of ether oxygens (including phenoxy) is 1. The first kappa shape index (κ1) is 16.5. The topological polar surface area (TPSA) is 105 Å². The molecule has 0 aliphatic heterocycles. The summed E-state index contributed by atoms with van der Waals surface area (Å²) >= 11 is 1.38. The molecule has 0 aromatic carbocycles. The number of carbonyl (C=O) groups excluding carboxylic acids is 1. The van der Waals surface area contributed by atoms with Crippen molar-refractivity contribution in [2.75, 3.05) is 25.2 Å². The number of rotatable bonds is 7. The molecule has 1 atom stereocenters. The maximum absolute atomic E-state index is 11.3. The molecule has 17 heavy (non-hydrogen) atoms. The van der Waals surface area contributed by atoms with Crippen LogP contribution in [0, 0.1) is 0 Å². The lowest BCUT2D eigenvalue weighted by Gasteiger charge is -2.22. The maximum atomic E-state index is 11.3. The van der Waals surface area contributed by atoms with E-state index < -0.39 is 21.9 Å². The molecular formula is C8H18N2O5S2. The van der Waals surface area contributed by atoms with E-state index in [9.17, 15) is 18.3 Å². The number of amides is 1. The fraction of sp³-hybridized carbons (Fsp3) is 0.875. The molecule has 0 radical (unpaired) electrons. The minimum atomic E-state index is -4.00. The molecule has 0 aromatic rings. The molecule has 102 valence electrons. The molecule has 0 aliphatic rings. The van der Waals surface area contributed by atoms with E-state index in [-0.39, 0.29) is 13.2 Å². The molecular weight excluding hydrogens is 268 g/mol. The predicted octanol–water partition coefficient (Wildman–Crippen LogP) is -0.319. The normalized spacial score (nSPS) is 15.1. The van der Waals surface area contributed by atoms with Gasteiger partial charge in [0.15, 0.2) is 0 Å². The lowest BCUT2D eigenvalue weighted by molar-refractivity contribution is 0.0906. The van der Waals surface area contributed by atoms with Gasteiger partial charge in [0.1, 0.15) is 0 Å². The van der Waals surface area contributed by atoms with Crippen molar-refractivity contribution in [2.24, 2.45) is 0 Å². The summed E-state index contributed by atoms with van der Waals surface area (Å²) in [5.41, 5.74) is -1.18. The third kappa shape index (κ3) is 8.25. The van der Waals surface area contributed by atoms with E-state index in [2.05, 4.69) is 9.46 Å². The van der Waals surface area contributed by atoms with Gasteiger partial charge in [-0.2, -0.15) is 24.9 Å². The Morgan fingerprint density at radius 2 is 2.12 bits per heavy atom. The second-order valence-corrected chi connectivity index (χ2v) is 5.94. The van der Waals surface area contributed by atoms with Crippen molar-refractivity contribution in [2.45, 2.75) is 19.4 Å². The zero-order valence-electron chi connectivity index (χ0n) is 10.0. The molecule has 0 fully saturated rings. The van der Waals surface area contributed by atoms with Crippen LogP contribution in [0.25, 0.3) is 0 Å². The van der Waals surface area contributed by atoms with Gasteiger partial charge in [-0.3, -0.25) is 0 Å². The van der Waals surface area contributed by atoms with Gasteiger partial charge in [-0.25, -0.2) is 9.52 Å². The van der Waals surface area contributed by atoms with Crippen molar-refractivity contribution in [1.29, 1.82) is 0 Å². The summed E-state index contributed by atoms with van der Waals surface area (Å²) in [6.07, 6.45) is 0.740. The molecule has 0 aliphatic carbocycles. The van der Waals surface area contributed by atoms with Crippen LogP contribution in [0.15, 0.2) is 0 Å². The number of hydrogen-bond donors (Lipinski definition) is 3. The third-order valence-electron chi connectivity index (χ3n) is 1.59. The van der Waals surface area contributed by atoms with Gasteiger partial charge in [0, 0.05) is 12.3 Å². The van der Waals surface area contributed by atoms with Gasteiger partial charge in [-0.05, 0) is 20.1 Å². The van der Waals surface area contributed by atoms with Gasteiger partial charge < -0.3 is 9.84 Å². The molecule has 3 N–H and O–H groups in total. The zero-order valence-corrected chi connectivity index (χ0v) is 11.7. The Balaban J connectivity index is 4.23. The first-order chi connectivity index (χ1) is 7.72. The highest BCUT2D eigenvalue weighted by Crippen LogP contribution is 2.09. The van der Waals surface area contributed by atoms with Crippen LogP contribution in [0.2, 0.25) is 0 Å². The average Bonchev–Trinajstić information content (AvgIpc) is 2.15. The molecule has 9 heteroatoms. The number of carbonyl (C=O) groups is 1. The van der Waals surface area contributed by atoms with E-state index in [1.165, 1.54) is 18.7 Å².